The molecule has 0 radical (unpaired) electrons. The number of aromatic amines is 2. The van der Waals surface area contributed by atoms with E-state index in [4.69, 9.17) is 31.9 Å². The van der Waals surface area contributed by atoms with Crippen molar-refractivity contribution in [2.45, 2.75) is 63.7 Å². The molecule has 32 heteroatoms. The quantitative estimate of drug-likeness (QED) is 0.0150. The monoisotopic (exact) mass is 1120 g/mol. The van der Waals surface area contributed by atoms with Crippen LogP contribution in [0.5, 0.6) is 0 Å². The van der Waals surface area contributed by atoms with Crippen LogP contribution in [0.15, 0.2) is 82.7 Å². The van der Waals surface area contributed by atoms with Crippen LogP contribution in [0.4, 0.5) is 23.3 Å². The Balaban J connectivity index is 0.000000273. The van der Waals surface area contributed by atoms with Gasteiger partial charge >= 0.3 is 61.6 Å². The van der Waals surface area contributed by atoms with Gasteiger partial charge in [0.25, 0.3) is 22.9 Å². The molecule has 0 bridgehead atoms. The number of H-pyrrole nitrogens is 2. The van der Waals surface area contributed by atoms with Crippen LogP contribution in [0.2, 0.25) is 0 Å². The van der Waals surface area contributed by atoms with Crippen LogP contribution < -0.4 is 54.1 Å². The fraction of sp³-hybridized carbons (Fsp3) is 0.255. The second-order valence-corrected chi connectivity index (χ2v) is 16.6. The molecule has 1 aliphatic rings. The number of aromatic nitrogens is 8. The van der Waals surface area contributed by atoms with E-state index in [9.17, 15) is 63.0 Å². The number of carboxylic acid groups (broad SMARTS) is 6. The van der Waals surface area contributed by atoms with Crippen molar-refractivity contribution in [1.82, 2.24) is 50.5 Å². The molecule has 408 valence electrons. The Labute approximate surface area is 472 Å². The minimum atomic E-state index is -1.88. The van der Waals surface area contributed by atoms with Crippen molar-refractivity contribution in [1.29, 1.82) is 0 Å². The minimum absolute atomic E-state index is 0. The number of carboxylic acids is 6. The Morgan fingerprint density at radius 1 is 0.671 bits per heavy atom. The number of amides is 2. The van der Waals surface area contributed by atoms with E-state index in [-0.39, 0.29) is 122 Å². The van der Waals surface area contributed by atoms with Gasteiger partial charge in [0, 0.05) is 34.4 Å². The van der Waals surface area contributed by atoms with Crippen molar-refractivity contribution in [3.8, 4) is 0 Å². The molecule has 0 saturated heterocycles. The van der Waals surface area contributed by atoms with Gasteiger partial charge in [-0.2, -0.15) is 9.97 Å². The molecule has 0 saturated carbocycles. The summed E-state index contributed by atoms with van der Waals surface area (Å²) >= 11 is 0. The predicted molar refractivity (Wildman–Crippen MR) is 270 cm³/mol. The summed E-state index contributed by atoms with van der Waals surface area (Å²) < 4.78 is 0. The number of aldehydes is 1. The molecule has 31 nitrogen and oxygen atoms in total. The second-order valence-electron chi connectivity index (χ2n) is 16.6. The number of aliphatic carboxylic acids is 6. The van der Waals surface area contributed by atoms with Crippen molar-refractivity contribution in [2.75, 3.05) is 22.1 Å². The van der Waals surface area contributed by atoms with E-state index in [1.165, 1.54) is 48.8 Å². The molecule has 4 aromatic heterocycles. The van der Waals surface area contributed by atoms with E-state index in [1.807, 2.05) is 0 Å². The van der Waals surface area contributed by atoms with Gasteiger partial charge in [0.1, 0.15) is 18.4 Å². The molecular weight excluding hydrogens is 1070 g/mol. The number of benzene rings is 2. The first-order valence-corrected chi connectivity index (χ1v) is 22.8. The standard InChI is InChI=1S/2C19H19N7O6.C9H10O5.Ca/c2*20-19-25-15-14(17(30)26-19)23-11(8-22-15)7-21-10-3-1-9(2-4-10)16(29)24-12(18(31)32)5-6-13(27)28;10-5-9(8(13)14)4-2-1-3-6(9)7(11)12;/h2*1-4,8,12,21H,5-7H2,(H,24,29)(H,27,28)(H,31,32)(H3,20,22,25,26,30);2,4-6H,1,3H2,(H,11,12)(H,13,14);/q;;;+2/p-2/t2*12-;;/m00../s1. The van der Waals surface area contributed by atoms with Gasteiger partial charge < -0.3 is 77.8 Å². The smallest absolute Gasteiger partial charge is 0.550 e. The van der Waals surface area contributed by atoms with E-state index < -0.39 is 95.0 Å². The van der Waals surface area contributed by atoms with Crippen molar-refractivity contribution < 1.29 is 73.8 Å². The van der Waals surface area contributed by atoms with Crippen molar-refractivity contribution in [3.05, 3.63) is 116 Å². The van der Waals surface area contributed by atoms with Gasteiger partial charge in [-0.1, -0.05) is 12.2 Å². The normalized spacial score (nSPS) is 14.9. The zero-order chi connectivity index (χ0) is 57.3. The number of fused-ring (bicyclic) bond motifs is 2. The molecule has 2 amide bonds. The van der Waals surface area contributed by atoms with Gasteiger partial charge in [0.15, 0.2) is 27.7 Å². The van der Waals surface area contributed by atoms with Crippen LogP contribution in [0, 0.1) is 11.3 Å². The number of nitrogen functional groups attached to an aromatic ring is 2. The number of nitrogens with two attached hydrogens (primary N) is 2. The van der Waals surface area contributed by atoms with Gasteiger partial charge in [-0.25, -0.2) is 29.5 Å². The van der Waals surface area contributed by atoms with Crippen molar-refractivity contribution >= 4 is 137 Å². The van der Waals surface area contributed by atoms with E-state index in [0.29, 0.717) is 29.2 Å². The van der Waals surface area contributed by atoms with Gasteiger partial charge in [-0.15, -0.1) is 0 Å². The predicted octanol–water partition coefficient (Wildman–Crippen LogP) is -2.83. The largest absolute Gasteiger partial charge is 2.00 e. The van der Waals surface area contributed by atoms with E-state index in [2.05, 4.69) is 61.1 Å². The van der Waals surface area contributed by atoms with Gasteiger partial charge in [-0.3, -0.25) is 38.7 Å². The summed E-state index contributed by atoms with van der Waals surface area (Å²) in [5.41, 5.74) is 11.0. The maximum Gasteiger partial charge on any atom is 2.00 e. The molecule has 0 spiro atoms. The molecule has 4 atom stereocenters. The van der Waals surface area contributed by atoms with Crippen LogP contribution in [0.3, 0.4) is 0 Å². The summed E-state index contributed by atoms with van der Waals surface area (Å²) in [5, 5.41) is 67.6. The molecule has 0 fully saturated rings. The number of carbonyl (C=O) groups is 9. The molecule has 4 heterocycles. The Bertz CT molecular complexity index is 3220. The van der Waals surface area contributed by atoms with Crippen LogP contribution in [0.25, 0.3) is 22.3 Å². The summed E-state index contributed by atoms with van der Waals surface area (Å²) in [4.78, 5) is 153. The second kappa shape index (κ2) is 28.6. The molecule has 2 unspecified atom stereocenters. The van der Waals surface area contributed by atoms with Crippen molar-refractivity contribution in [3.63, 3.8) is 0 Å². The van der Waals surface area contributed by atoms with Crippen molar-refractivity contribution in [2.24, 2.45) is 11.3 Å². The van der Waals surface area contributed by atoms with E-state index >= 15 is 0 Å². The topological polar surface area (TPSA) is 524 Å². The zero-order valence-corrected chi connectivity index (χ0v) is 43.2. The summed E-state index contributed by atoms with van der Waals surface area (Å²) in [6.07, 6.45) is 4.89. The maximum absolute atomic E-state index is 12.3. The third-order valence-corrected chi connectivity index (χ3v) is 11.2. The summed E-state index contributed by atoms with van der Waals surface area (Å²) in [6, 6.07) is 9.56. The maximum atomic E-state index is 12.3. The third-order valence-electron chi connectivity index (χ3n) is 11.2. The fourth-order valence-corrected chi connectivity index (χ4v) is 7.11. The Kier molecular flexibility index (Phi) is 22.5. The number of allylic oxidation sites excluding steroid dienone is 1. The first-order chi connectivity index (χ1) is 37.0. The Morgan fingerprint density at radius 3 is 1.41 bits per heavy atom. The molecule has 2 aromatic carbocycles. The van der Waals surface area contributed by atoms with Crippen LogP contribution in [-0.2, 0) is 46.7 Å². The third kappa shape index (κ3) is 17.5. The van der Waals surface area contributed by atoms with Gasteiger partial charge in [0.2, 0.25) is 11.9 Å². The average Bonchev–Trinajstić information content (AvgIpc) is 3.41. The SMILES string of the molecule is Nc1nc2ncc(CNc3ccc(C(=O)N[C@@H](CCC(=O)[O-])C(=O)O)cc3)nc2c(=O)[nH]1.Nc1nc2ncc(CNc3ccc(C(=O)N[C@@H](CCC(=O)[O-])C(=O)O)cc3)nc2c(=O)[nH]1.O=CC1(C(=O)O)C=CCCC1C(=O)O.[Ca+2]. The number of nitrogens with zero attached hydrogens (tertiary/aromatic N) is 6. The van der Waals surface area contributed by atoms with Gasteiger partial charge in [0.05, 0.1) is 42.8 Å². The summed E-state index contributed by atoms with van der Waals surface area (Å²) in [6.45, 7) is 0.450. The minimum Gasteiger partial charge on any atom is -0.550 e. The van der Waals surface area contributed by atoms with Crippen LogP contribution in [0.1, 0.15) is 70.6 Å². The summed E-state index contributed by atoms with van der Waals surface area (Å²) in [7, 11) is 0. The summed E-state index contributed by atoms with van der Waals surface area (Å²) in [5.74, 6) is -10.7. The molecule has 6 aromatic rings. The van der Waals surface area contributed by atoms with Gasteiger partial charge in [-0.05, 0) is 87.1 Å². The van der Waals surface area contributed by atoms with Crippen LogP contribution >= 0.6 is 0 Å². The Morgan fingerprint density at radius 2 is 1.08 bits per heavy atom. The average molecular weight is 1120 g/mol. The molecule has 7 rings (SSSR count). The number of carbonyl (C=O) groups excluding carboxylic acids is 5. The zero-order valence-electron chi connectivity index (χ0n) is 41.0. The number of nitrogens with one attached hydrogen (secondary N) is 6. The molecular formula is C47H46CaN14O17. The number of rotatable bonds is 21. The van der Waals surface area contributed by atoms with E-state index in [0.717, 1.165) is 0 Å². The molecule has 0 aliphatic heterocycles. The number of hydrogen-bond acceptors (Lipinski definition) is 23. The fourth-order valence-electron chi connectivity index (χ4n) is 7.11. The molecule has 14 N–H and O–H groups in total. The number of hydrogen-bond donors (Lipinski definition) is 12. The molecule has 79 heavy (non-hydrogen) atoms. The van der Waals surface area contributed by atoms with E-state index in [1.54, 1.807) is 24.3 Å². The Hall–Kier alpha value is -9.49. The first kappa shape index (κ1) is 62.1. The first-order valence-electron chi connectivity index (χ1n) is 22.8. The molecule has 1 aliphatic carbocycles. The number of anilines is 4. The van der Waals surface area contributed by atoms with Crippen LogP contribution in [-0.4, -0.2) is 164 Å².